The number of nitrogens with one attached hydrogen (secondary N) is 1. The van der Waals surface area contributed by atoms with E-state index in [1.165, 1.54) is 4.68 Å². The maximum Gasteiger partial charge on any atom is 0.341 e. The number of carbonyl (C=O) groups is 3. The zero-order chi connectivity index (χ0) is 19.6. The fraction of sp³-hybridized carbons (Fsp3) is 0.375. The van der Waals surface area contributed by atoms with Crippen molar-refractivity contribution < 1.29 is 19.1 Å². The van der Waals surface area contributed by atoms with Gasteiger partial charge in [0.2, 0.25) is 5.91 Å². The lowest BCUT2D eigenvalue weighted by Crippen LogP contribution is -2.24. The lowest BCUT2D eigenvalue weighted by molar-refractivity contribution is -0.119. The van der Waals surface area contributed by atoms with Gasteiger partial charge in [-0.15, -0.1) is 11.3 Å². The number of primary amides is 1. The smallest absolute Gasteiger partial charge is 0.341 e. The van der Waals surface area contributed by atoms with Crippen molar-refractivity contribution in [3.05, 3.63) is 32.9 Å². The van der Waals surface area contributed by atoms with Crippen LogP contribution < -0.4 is 11.1 Å². The zero-order valence-corrected chi connectivity index (χ0v) is 16.3. The van der Waals surface area contributed by atoms with Gasteiger partial charge in [-0.05, 0) is 33.3 Å². The molecule has 2 rings (SSSR count). The summed E-state index contributed by atoms with van der Waals surface area (Å²) in [6.45, 7) is 6.77. The molecule has 1 unspecified atom stereocenters. The lowest BCUT2D eigenvalue weighted by Gasteiger charge is -2.13. The molecule has 140 valence electrons. The molecule has 0 aromatic carbocycles. The number of thiophene rings is 1. The first-order chi connectivity index (χ1) is 12.2. The van der Waals surface area contributed by atoms with Crippen molar-refractivity contribution in [1.29, 1.82) is 0 Å². The van der Waals surface area contributed by atoms with E-state index < -0.39 is 23.8 Å². The second-order valence-electron chi connectivity index (χ2n) is 5.55. The molecule has 2 aromatic heterocycles. The summed E-state index contributed by atoms with van der Waals surface area (Å²) < 4.78 is 6.44. The minimum atomic E-state index is -0.685. The molecule has 0 bridgehead atoms. The van der Waals surface area contributed by atoms with E-state index in [4.69, 9.17) is 22.1 Å². The average Bonchev–Trinajstić information content (AvgIpc) is 3.07. The largest absolute Gasteiger partial charge is 0.462 e. The summed E-state index contributed by atoms with van der Waals surface area (Å²) in [5.41, 5.74) is 6.45. The van der Waals surface area contributed by atoms with E-state index in [2.05, 4.69) is 10.4 Å². The van der Waals surface area contributed by atoms with Gasteiger partial charge in [-0.3, -0.25) is 14.3 Å². The highest BCUT2D eigenvalue weighted by Gasteiger charge is 2.27. The van der Waals surface area contributed by atoms with Crippen LogP contribution in [0.4, 0.5) is 5.00 Å². The van der Waals surface area contributed by atoms with Crippen LogP contribution in [0.2, 0.25) is 5.02 Å². The quantitative estimate of drug-likeness (QED) is 0.725. The van der Waals surface area contributed by atoms with E-state index in [0.29, 0.717) is 16.3 Å². The third kappa shape index (κ3) is 3.88. The molecule has 2 aromatic rings. The van der Waals surface area contributed by atoms with Gasteiger partial charge in [0, 0.05) is 6.20 Å². The van der Waals surface area contributed by atoms with Gasteiger partial charge in [-0.25, -0.2) is 4.79 Å². The van der Waals surface area contributed by atoms with E-state index in [-0.39, 0.29) is 22.0 Å². The molecule has 10 heteroatoms. The van der Waals surface area contributed by atoms with Gasteiger partial charge in [-0.1, -0.05) is 11.6 Å². The number of anilines is 1. The number of esters is 1. The number of hydrogen-bond donors (Lipinski definition) is 2. The Labute approximate surface area is 159 Å². The number of nitrogens with two attached hydrogens (primary N) is 1. The van der Waals surface area contributed by atoms with Crippen molar-refractivity contribution in [2.75, 3.05) is 11.9 Å². The zero-order valence-electron chi connectivity index (χ0n) is 14.8. The standard InChI is InChI=1S/C16H19ClN4O4S/c1-5-25-16(24)11-7(2)12(13(18)22)26-15(11)19-14(23)9(4)21-6-10(17)8(3)20-21/h6,9H,5H2,1-4H3,(H2,18,22)(H,19,23). The van der Waals surface area contributed by atoms with Crippen LogP contribution in [0.3, 0.4) is 0 Å². The molecule has 0 aliphatic rings. The van der Waals surface area contributed by atoms with Crippen LogP contribution in [0.5, 0.6) is 0 Å². The fourth-order valence-electron chi connectivity index (χ4n) is 2.28. The molecular formula is C16H19ClN4O4S. The number of aromatic nitrogens is 2. The van der Waals surface area contributed by atoms with Crippen LogP contribution in [-0.4, -0.2) is 34.2 Å². The van der Waals surface area contributed by atoms with E-state index >= 15 is 0 Å². The molecule has 0 saturated heterocycles. The Morgan fingerprint density at radius 1 is 1.42 bits per heavy atom. The summed E-state index contributed by atoms with van der Waals surface area (Å²) in [6.07, 6.45) is 1.54. The third-order valence-corrected chi connectivity index (χ3v) is 5.31. The Morgan fingerprint density at radius 2 is 2.08 bits per heavy atom. The van der Waals surface area contributed by atoms with Crippen LogP contribution in [0, 0.1) is 13.8 Å². The first-order valence-corrected chi connectivity index (χ1v) is 8.99. The summed E-state index contributed by atoms with van der Waals surface area (Å²) in [7, 11) is 0. The van der Waals surface area contributed by atoms with Gasteiger partial charge in [-0.2, -0.15) is 5.10 Å². The van der Waals surface area contributed by atoms with Crippen LogP contribution in [0.1, 0.15) is 51.2 Å². The summed E-state index contributed by atoms with van der Waals surface area (Å²) >= 11 is 6.91. The molecule has 3 N–H and O–H groups in total. The Hall–Kier alpha value is -2.39. The Kier molecular flexibility index (Phi) is 6.04. The van der Waals surface area contributed by atoms with Gasteiger partial charge < -0.3 is 15.8 Å². The van der Waals surface area contributed by atoms with Gasteiger partial charge in [0.05, 0.1) is 27.8 Å². The SMILES string of the molecule is CCOC(=O)c1c(NC(=O)C(C)n2cc(Cl)c(C)n2)sc(C(N)=O)c1C. The molecule has 0 spiro atoms. The maximum absolute atomic E-state index is 12.6. The fourth-order valence-corrected chi connectivity index (χ4v) is 3.47. The van der Waals surface area contributed by atoms with E-state index in [1.807, 2.05) is 0 Å². The number of carbonyl (C=O) groups excluding carboxylic acids is 3. The number of rotatable bonds is 6. The summed E-state index contributed by atoms with van der Waals surface area (Å²) in [6, 6.07) is -0.685. The summed E-state index contributed by atoms with van der Waals surface area (Å²) in [5.74, 6) is -1.73. The van der Waals surface area contributed by atoms with Crippen molar-refractivity contribution in [3.63, 3.8) is 0 Å². The number of nitrogens with zero attached hydrogens (tertiary/aromatic N) is 2. The predicted octanol–water partition coefficient (Wildman–Crippen LogP) is 2.69. The van der Waals surface area contributed by atoms with Crippen molar-refractivity contribution in [3.8, 4) is 0 Å². The van der Waals surface area contributed by atoms with Gasteiger partial charge in [0.1, 0.15) is 11.0 Å². The van der Waals surface area contributed by atoms with Crippen molar-refractivity contribution >= 4 is 45.7 Å². The predicted molar refractivity (Wildman–Crippen MR) is 98.8 cm³/mol. The van der Waals surface area contributed by atoms with Crippen molar-refractivity contribution in [1.82, 2.24) is 9.78 Å². The van der Waals surface area contributed by atoms with Crippen LogP contribution in [0.25, 0.3) is 0 Å². The molecule has 0 aliphatic carbocycles. The van der Waals surface area contributed by atoms with Gasteiger partial charge in [0.15, 0.2) is 0 Å². The molecule has 8 nitrogen and oxygen atoms in total. The highest BCUT2D eigenvalue weighted by Crippen LogP contribution is 2.34. The molecule has 26 heavy (non-hydrogen) atoms. The molecule has 0 aliphatic heterocycles. The maximum atomic E-state index is 12.6. The highest BCUT2D eigenvalue weighted by molar-refractivity contribution is 7.18. The second kappa shape index (κ2) is 7.88. The molecule has 2 heterocycles. The Bertz CT molecular complexity index is 854. The van der Waals surface area contributed by atoms with Gasteiger partial charge in [0.25, 0.3) is 5.91 Å². The Morgan fingerprint density at radius 3 is 2.58 bits per heavy atom. The van der Waals surface area contributed by atoms with Crippen molar-refractivity contribution in [2.45, 2.75) is 33.7 Å². The minimum absolute atomic E-state index is 0.126. The first-order valence-electron chi connectivity index (χ1n) is 7.79. The number of hydrogen-bond acceptors (Lipinski definition) is 6. The number of aryl methyl sites for hydroxylation is 1. The first kappa shape index (κ1) is 19.9. The Balaban J connectivity index is 2.35. The molecule has 0 radical (unpaired) electrons. The number of ether oxygens (including phenoxy) is 1. The molecule has 0 saturated carbocycles. The van der Waals surface area contributed by atoms with E-state index in [1.54, 1.807) is 33.9 Å². The van der Waals surface area contributed by atoms with Crippen LogP contribution in [0.15, 0.2) is 6.20 Å². The molecule has 1 atom stereocenters. The van der Waals surface area contributed by atoms with Crippen LogP contribution in [-0.2, 0) is 9.53 Å². The summed E-state index contributed by atoms with van der Waals surface area (Å²) in [5, 5.41) is 7.49. The molecule has 0 fully saturated rings. The van der Waals surface area contributed by atoms with E-state index in [9.17, 15) is 14.4 Å². The molecular weight excluding hydrogens is 380 g/mol. The summed E-state index contributed by atoms with van der Waals surface area (Å²) in [4.78, 5) is 36.6. The monoisotopic (exact) mass is 398 g/mol. The lowest BCUT2D eigenvalue weighted by atomic mass is 10.1. The normalized spacial score (nSPS) is 11.9. The topological polar surface area (TPSA) is 116 Å². The average molecular weight is 399 g/mol. The number of halogens is 1. The number of amides is 2. The minimum Gasteiger partial charge on any atom is -0.462 e. The highest BCUT2D eigenvalue weighted by atomic mass is 35.5. The van der Waals surface area contributed by atoms with Crippen LogP contribution >= 0.6 is 22.9 Å². The van der Waals surface area contributed by atoms with Gasteiger partial charge >= 0.3 is 5.97 Å². The van der Waals surface area contributed by atoms with Crippen molar-refractivity contribution in [2.24, 2.45) is 5.73 Å². The van der Waals surface area contributed by atoms with E-state index in [0.717, 1.165) is 11.3 Å². The second-order valence-corrected chi connectivity index (χ2v) is 6.98. The third-order valence-electron chi connectivity index (χ3n) is 3.72. The molecule has 2 amide bonds.